The number of nitrogens with zero attached hydrogens (tertiary/aromatic N) is 2. The maximum Gasteiger partial charge on any atom is 0.193 e. The minimum absolute atomic E-state index is 0.503. The number of para-hydroxylation sites is 1. The maximum absolute atomic E-state index is 5.88. The summed E-state index contributed by atoms with van der Waals surface area (Å²) in [7, 11) is 0. The Bertz CT molecular complexity index is 416. The molecular formula is C16H26N4. The van der Waals surface area contributed by atoms with E-state index in [0.29, 0.717) is 5.96 Å². The lowest BCUT2D eigenvalue weighted by Gasteiger charge is -2.33. The fourth-order valence-corrected chi connectivity index (χ4v) is 2.67. The number of aliphatic imine (C=N–C) groups is 1. The molecule has 3 N–H and O–H groups in total. The Kier molecular flexibility index (Phi) is 5.87. The van der Waals surface area contributed by atoms with Gasteiger partial charge in [-0.1, -0.05) is 24.6 Å². The van der Waals surface area contributed by atoms with Crippen molar-refractivity contribution >= 4 is 11.6 Å². The molecule has 0 spiro atoms. The summed E-state index contributed by atoms with van der Waals surface area (Å²) in [6.45, 7) is 5.48. The van der Waals surface area contributed by atoms with Crippen LogP contribution in [0.1, 0.15) is 32.6 Å². The highest BCUT2D eigenvalue weighted by Crippen LogP contribution is 2.16. The predicted octanol–water partition coefficient (Wildman–Crippen LogP) is 2.68. The second-order valence-electron chi connectivity index (χ2n) is 5.49. The zero-order chi connectivity index (χ0) is 14.2. The summed E-state index contributed by atoms with van der Waals surface area (Å²) in [5, 5.41) is 3.10. The molecule has 1 aromatic rings. The Morgan fingerprint density at radius 2 is 2.15 bits per heavy atom. The summed E-state index contributed by atoms with van der Waals surface area (Å²) in [4.78, 5) is 6.95. The molecule has 20 heavy (non-hydrogen) atoms. The van der Waals surface area contributed by atoms with Gasteiger partial charge in [-0.15, -0.1) is 0 Å². The highest BCUT2D eigenvalue weighted by Gasteiger charge is 2.16. The van der Waals surface area contributed by atoms with Gasteiger partial charge in [0.05, 0.1) is 0 Å². The SMILES string of the molecule is CC1CCCCN1CCCN=C(N)Nc1ccccc1. The molecule has 110 valence electrons. The summed E-state index contributed by atoms with van der Waals surface area (Å²) in [6, 6.07) is 10.6. The van der Waals surface area contributed by atoms with Gasteiger partial charge in [0.25, 0.3) is 0 Å². The van der Waals surface area contributed by atoms with E-state index in [1.54, 1.807) is 0 Å². The van der Waals surface area contributed by atoms with Gasteiger partial charge in [-0.3, -0.25) is 4.99 Å². The van der Waals surface area contributed by atoms with E-state index in [1.165, 1.54) is 25.8 Å². The van der Waals surface area contributed by atoms with Gasteiger partial charge in [-0.05, 0) is 44.9 Å². The van der Waals surface area contributed by atoms with Crippen molar-refractivity contribution < 1.29 is 0 Å². The zero-order valence-corrected chi connectivity index (χ0v) is 12.4. The maximum atomic E-state index is 5.88. The molecule has 2 rings (SSSR count). The molecule has 1 aromatic carbocycles. The van der Waals surface area contributed by atoms with E-state index >= 15 is 0 Å². The van der Waals surface area contributed by atoms with E-state index in [1.807, 2.05) is 30.3 Å². The number of anilines is 1. The number of likely N-dealkylation sites (tertiary alicyclic amines) is 1. The third kappa shape index (κ3) is 4.85. The van der Waals surface area contributed by atoms with Crippen LogP contribution in [0.4, 0.5) is 5.69 Å². The quantitative estimate of drug-likeness (QED) is 0.493. The third-order valence-electron chi connectivity index (χ3n) is 3.87. The second kappa shape index (κ2) is 7.90. The largest absolute Gasteiger partial charge is 0.370 e. The van der Waals surface area contributed by atoms with Gasteiger partial charge in [0.2, 0.25) is 0 Å². The van der Waals surface area contributed by atoms with Crippen LogP contribution in [0.3, 0.4) is 0 Å². The van der Waals surface area contributed by atoms with Gasteiger partial charge in [-0.2, -0.15) is 0 Å². The number of hydrogen-bond donors (Lipinski definition) is 2. The summed E-state index contributed by atoms with van der Waals surface area (Å²) in [5.74, 6) is 0.503. The van der Waals surface area contributed by atoms with Crippen molar-refractivity contribution in [3.8, 4) is 0 Å². The summed E-state index contributed by atoms with van der Waals surface area (Å²) >= 11 is 0. The van der Waals surface area contributed by atoms with Gasteiger partial charge >= 0.3 is 0 Å². The molecule has 0 aliphatic carbocycles. The number of rotatable bonds is 5. The highest BCUT2D eigenvalue weighted by atomic mass is 15.2. The molecular weight excluding hydrogens is 248 g/mol. The molecule has 0 saturated carbocycles. The van der Waals surface area contributed by atoms with E-state index < -0.39 is 0 Å². The van der Waals surface area contributed by atoms with Gasteiger partial charge in [0, 0.05) is 24.8 Å². The van der Waals surface area contributed by atoms with Crippen LogP contribution in [-0.4, -0.2) is 36.5 Å². The van der Waals surface area contributed by atoms with Crippen LogP contribution in [-0.2, 0) is 0 Å². The first-order valence-corrected chi connectivity index (χ1v) is 7.62. The molecule has 0 amide bonds. The molecule has 1 aliphatic rings. The van der Waals surface area contributed by atoms with Crippen LogP contribution in [0.2, 0.25) is 0 Å². The van der Waals surface area contributed by atoms with Crippen LogP contribution in [0.25, 0.3) is 0 Å². The second-order valence-corrected chi connectivity index (χ2v) is 5.49. The molecule has 0 aromatic heterocycles. The van der Waals surface area contributed by atoms with Crippen molar-refractivity contribution in [2.45, 2.75) is 38.6 Å². The van der Waals surface area contributed by atoms with E-state index in [0.717, 1.165) is 31.2 Å². The van der Waals surface area contributed by atoms with Crippen molar-refractivity contribution in [2.75, 3.05) is 25.0 Å². The molecule has 1 atom stereocenters. The van der Waals surface area contributed by atoms with Gasteiger partial charge in [0.15, 0.2) is 5.96 Å². The Labute approximate surface area is 122 Å². The van der Waals surface area contributed by atoms with Crippen molar-refractivity contribution in [1.29, 1.82) is 0 Å². The highest BCUT2D eigenvalue weighted by molar-refractivity contribution is 5.92. The van der Waals surface area contributed by atoms with Crippen LogP contribution < -0.4 is 11.1 Å². The Hall–Kier alpha value is -1.55. The molecule has 1 unspecified atom stereocenters. The number of nitrogens with one attached hydrogen (secondary N) is 1. The average Bonchev–Trinajstić information content (AvgIpc) is 2.46. The zero-order valence-electron chi connectivity index (χ0n) is 12.4. The molecule has 4 nitrogen and oxygen atoms in total. The predicted molar refractivity (Wildman–Crippen MR) is 86.1 cm³/mol. The molecule has 1 aliphatic heterocycles. The van der Waals surface area contributed by atoms with Crippen molar-refractivity contribution in [1.82, 2.24) is 4.90 Å². The standard InChI is InChI=1S/C16H26N4/c1-14-8-5-6-12-20(14)13-7-11-18-16(17)19-15-9-3-2-4-10-15/h2-4,9-10,14H,5-8,11-13H2,1H3,(H3,17,18,19). The van der Waals surface area contributed by atoms with Crippen molar-refractivity contribution in [3.05, 3.63) is 30.3 Å². The number of hydrogen-bond acceptors (Lipinski definition) is 2. The van der Waals surface area contributed by atoms with Gasteiger partial charge in [-0.25, -0.2) is 0 Å². The summed E-state index contributed by atoms with van der Waals surface area (Å²) < 4.78 is 0. The minimum Gasteiger partial charge on any atom is -0.370 e. The molecule has 0 radical (unpaired) electrons. The van der Waals surface area contributed by atoms with E-state index in [4.69, 9.17) is 5.73 Å². The van der Waals surface area contributed by atoms with Crippen LogP contribution in [0.5, 0.6) is 0 Å². The molecule has 1 fully saturated rings. The fourth-order valence-electron chi connectivity index (χ4n) is 2.67. The lowest BCUT2D eigenvalue weighted by Crippen LogP contribution is -2.38. The first-order chi connectivity index (χ1) is 9.75. The van der Waals surface area contributed by atoms with Crippen LogP contribution in [0, 0.1) is 0 Å². The Morgan fingerprint density at radius 1 is 1.35 bits per heavy atom. The van der Waals surface area contributed by atoms with Gasteiger partial charge < -0.3 is 16.0 Å². The molecule has 0 bridgehead atoms. The van der Waals surface area contributed by atoms with E-state index in [2.05, 4.69) is 22.1 Å². The molecule has 1 saturated heterocycles. The monoisotopic (exact) mass is 274 g/mol. The fraction of sp³-hybridized carbons (Fsp3) is 0.562. The Balaban J connectivity index is 1.67. The van der Waals surface area contributed by atoms with Crippen LogP contribution >= 0.6 is 0 Å². The Morgan fingerprint density at radius 3 is 2.90 bits per heavy atom. The molecule has 1 heterocycles. The first kappa shape index (κ1) is 14.9. The van der Waals surface area contributed by atoms with Crippen LogP contribution in [0.15, 0.2) is 35.3 Å². The smallest absolute Gasteiger partial charge is 0.193 e. The van der Waals surface area contributed by atoms with Crippen molar-refractivity contribution in [2.24, 2.45) is 10.7 Å². The van der Waals surface area contributed by atoms with E-state index in [-0.39, 0.29) is 0 Å². The number of nitrogens with two attached hydrogens (primary N) is 1. The van der Waals surface area contributed by atoms with E-state index in [9.17, 15) is 0 Å². The number of benzene rings is 1. The minimum atomic E-state index is 0.503. The lowest BCUT2D eigenvalue weighted by atomic mass is 10.0. The third-order valence-corrected chi connectivity index (χ3v) is 3.87. The van der Waals surface area contributed by atoms with Crippen molar-refractivity contribution in [3.63, 3.8) is 0 Å². The summed E-state index contributed by atoms with van der Waals surface area (Å²) in [5.41, 5.74) is 6.86. The van der Waals surface area contributed by atoms with Gasteiger partial charge in [0.1, 0.15) is 0 Å². The topological polar surface area (TPSA) is 53.6 Å². The number of piperidine rings is 1. The molecule has 4 heteroatoms. The lowest BCUT2D eigenvalue weighted by molar-refractivity contribution is 0.160. The first-order valence-electron chi connectivity index (χ1n) is 7.62. The average molecular weight is 274 g/mol. The normalized spacial score (nSPS) is 20.9. The summed E-state index contributed by atoms with van der Waals surface area (Å²) in [6.07, 6.45) is 5.12. The number of guanidine groups is 1.